The van der Waals surface area contributed by atoms with Crippen molar-refractivity contribution in [3.63, 3.8) is 0 Å². The van der Waals surface area contributed by atoms with Gasteiger partial charge in [-0.2, -0.15) is 0 Å². The first-order valence-electron chi connectivity index (χ1n) is 5.42. The quantitative estimate of drug-likeness (QED) is 0.746. The molecule has 1 atom stereocenters. The first-order chi connectivity index (χ1) is 8.01. The maximum Gasteiger partial charge on any atom is 0.325 e. The molecule has 0 saturated heterocycles. The van der Waals surface area contributed by atoms with E-state index in [1.165, 1.54) is 7.11 Å². The number of esters is 1. The van der Waals surface area contributed by atoms with Gasteiger partial charge in [0.25, 0.3) is 5.56 Å². The number of nitrogens with one attached hydrogen (secondary N) is 2. The van der Waals surface area contributed by atoms with E-state index >= 15 is 0 Å². The van der Waals surface area contributed by atoms with Crippen LogP contribution in [0.3, 0.4) is 0 Å². The third-order valence-corrected chi connectivity index (χ3v) is 2.59. The zero-order valence-corrected chi connectivity index (χ0v) is 10.1. The topological polar surface area (TPSA) is 92.0 Å². The number of rotatable bonds is 4. The van der Waals surface area contributed by atoms with Crippen molar-refractivity contribution in [1.29, 1.82) is 0 Å². The minimum Gasteiger partial charge on any atom is -0.469 e. The Bertz CT molecular complexity index is 515. The summed E-state index contributed by atoms with van der Waals surface area (Å²) in [6, 6.07) is 0. The molecule has 0 aliphatic rings. The molecule has 6 heteroatoms. The molecule has 1 aromatic heterocycles. The van der Waals surface area contributed by atoms with Crippen LogP contribution in [-0.2, 0) is 9.53 Å². The zero-order valence-electron chi connectivity index (χ0n) is 10.1. The molecule has 6 nitrogen and oxygen atoms in total. The van der Waals surface area contributed by atoms with Gasteiger partial charge in [0.05, 0.1) is 18.6 Å². The van der Waals surface area contributed by atoms with Gasteiger partial charge in [-0.25, -0.2) is 4.79 Å². The second-order valence-corrected chi connectivity index (χ2v) is 3.81. The molecule has 1 unspecified atom stereocenters. The molecule has 1 rings (SSSR count). The summed E-state index contributed by atoms with van der Waals surface area (Å²) >= 11 is 0. The molecule has 0 aliphatic heterocycles. The third kappa shape index (κ3) is 2.83. The fourth-order valence-corrected chi connectivity index (χ4v) is 1.84. The lowest BCUT2D eigenvalue weighted by molar-refractivity contribution is -0.142. The standard InChI is InChI=1S/C11H16N2O4/c1-4-5-7(10(15)17-3)8-6(2)12-11(16)13-9(8)14/h7H,4-5H2,1-3H3,(H2,12,13,14,16). The summed E-state index contributed by atoms with van der Waals surface area (Å²) in [5.41, 5.74) is -0.424. The fourth-order valence-electron chi connectivity index (χ4n) is 1.84. The molecule has 0 fully saturated rings. The molecule has 0 amide bonds. The molecule has 17 heavy (non-hydrogen) atoms. The zero-order chi connectivity index (χ0) is 13.0. The summed E-state index contributed by atoms with van der Waals surface area (Å²) < 4.78 is 4.68. The Morgan fingerprint density at radius 1 is 1.35 bits per heavy atom. The van der Waals surface area contributed by atoms with E-state index in [0.29, 0.717) is 12.1 Å². The van der Waals surface area contributed by atoms with E-state index in [-0.39, 0.29) is 5.56 Å². The van der Waals surface area contributed by atoms with Gasteiger partial charge >= 0.3 is 11.7 Å². The Morgan fingerprint density at radius 3 is 2.47 bits per heavy atom. The highest BCUT2D eigenvalue weighted by Crippen LogP contribution is 2.21. The minimum atomic E-state index is -0.634. The van der Waals surface area contributed by atoms with Crippen LogP contribution in [0.5, 0.6) is 0 Å². The van der Waals surface area contributed by atoms with E-state index in [1.807, 2.05) is 6.92 Å². The Labute approximate surface area is 98.0 Å². The Morgan fingerprint density at radius 2 is 2.00 bits per heavy atom. The van der Waals surface area contributed by atoms with Crippen LogP contribution >= 0.6 is 0 Å². The van der Waals surface area contributed by atoms with Crippen molar-refractivity contribution < 1.29 is 9.53 Å². The number of hydrogen-bond acceptors (Lipinski definition) is 4. The molecule has 1 heterocycles. The third-order valence-electron chi connectivity index (χ3n) is 2.59. The van der Waals surface area contributed by atoms with Gasteiger partial charge in [-0.05, 0) is 13.3 Å². The van der Waals surface area contributed by atoms with Crippen LogP contribution in [0.25, 0.3) is 0 Å². The van der Waals surface area contributed by atoms with Crippen molar-refractivity contribution in [2.75, 3.05) is 7.11 Å². The van der Waals surface area contributed by atoms with E-state index in [2.05, 4.69) is 14.7 Å². The molecule has 0 spiro atoms. The number of aromatic amines is 2. The summed E-state index contributed by atoms with van der Waals surface area (Å²) in [6.07, 6.45) is 1.24. The number of ether oxygens (including phenoxy) is 1. The second-order valence-electron chi connectivity index (χ2n) is 3.81. The van der Waals surface area contributed by atoms with Gasteiger partial charge in [0.1, 0.15) is 0 Å². The van der Waals surface area contributed by atoms with Gasteiger partial charge in [-0.3, -0.25) is 14.6 Å². The number of H-pyrrole nitrogens is 2. The lowest BCUT2D eigenvalue weighted by atomic mass is 9.94. The van der Waals surface area contributed by atoms with Crippen LogP contribution < -0.4 is 11.2 Å². The van der Waals surface area contributed by atoms with Crippen molar-refractivity contribution >= 4 is 5.97 Å². The average molecular weight is 240 g/mol. The van der Waals surface area contributed by atoms with Crippen LogP contribution in [0.15, 0.2) is 9.59 Å². The SMILES string of the molecule is CCCC(C(=O)OC)c1c(C)[nH]c(=O)[nH]c1=O. The van der Waals surface area contributed by atoms with E-state index in [9.17, 15) is 14.4 Å². The first kappa shape index (κ1) is 13.2. The van der Waals surface area contributed by atoms with Crippen LogP contribution in [0, 0.1) is 6.92 Å². The Kier molecular flexibility index (Phi) is 4.25. The predicted molar refractivity (Wildman–Crippen MR) is 62.1 cm³/mol. The summed E-state index contributed by atoms with van der Waals surface area (Å²) in [6.45, 7) is 3.50. The predicted octanol–water partition coefficient (Wildman–Crippen LogP) is 0.428. The number of aryl methyl sites for hydroxylation is 1. The van der Waals surface area contributed by atoms with Crippen LogP contribution in [0.1, 0.15) is 36.9 Å². The largest absolute Gasteiger partial charge is 0.469 e. The maximum absolute atomic E-state index is 11.7. The van der Waals surface area contributed by atoms with Gasteiger partial charge in [0.2, 0.25) is 0 Å². The summed E-state index contributed by atoms with van der Waals surface area (Å²) in [7, 11) is 1.28. The highest BCUT2D eigenvalue weighted by molar-refractivity contribution is 5.78. The average Bonchev–Trinajstić information content (AvgIpc) is 2.25. The van der Waals surface area contributed by atoms with Crippen LogP contribution in [0.4, 0.5) is 0 Å². The molecule has 0 saturated carbocycles. The normalized spacial score (nSPS) is 12.2. The summed E-state index contributed by atoms with van der Waals surface area (Å²) in [4.78, 5) is 39.0. The van der Waals surface area contributed by atoms with Gasteiger partial charge < -0.3 is 9.72 Å². The monoisotopic (exact) mass is 240 g/mol. The molecule has 1 aromatic rings. The highest BCUT2D eigenvalue weighted by Gasteiger charge is 2.25. The molecule has 2 N–H and O–H groups in total. The van der Waals surface area contributed by atoms with Crippen molar-refractivity contribution in [2.24, 2.45) is 0 Å². The van der Waals surface area contributed by atoms with E-state index in [4.69, 9.17) is 0 Å². The molecule has 0 radical (unpaired) electrons. The van der Waals surface area contributed by atoms with Gasteiger partial charge in [-0.1, -0.05) is 13.3 Å². The van der Waals surface area contributed by atoms with Crippen molar-refractivity contribution in [3.8, 4) is 0 Å². The van der Waals surface area contributed by atoms with Crippen LogP contribution in [0.2, 0.25) is 0 Å². The molecular weight excluding hydrogens is 224 g/mol. The number of hydrogen-bond donors (Lipinski definition) is 2. The first-order valence-corrected chi connectivity index (χ1v) is 5.42. The van der Waals surface area contributed by atoms with Gasteiger partial charge in [0, 0.05) is 5.69 Å². The number of methoxy groups -OCH3 is 1. The second kappa shape index (κ2) is 5.47. The minimum absolute atomic E-state index is 0.276. The molecule has 0 bridgehead atoms. The Balaban J connectivity index is 3.33. The Hall–Kier alpha value is -1.85. The number of carbonyl (C=O) groups excluding carboxylic acids is 1. The molecule has 0 aromatic carbocycles. The van der Waals surface area contributed by atoms with Crippen molar-refractivity contribution in [3.05, 3.63) is 32.1 Å². The lowest BCUT2D eigenvalue weighted by Crippen LogP contribution is -2.31. The summed E-state index contributed by atoms with van der Waals surface area (Å²) in [5.74, 6) is -1.10. The van der Waals surface area contributed by atoms with Crippen LogP contribution in [-0.4, -0.2) is 23.0 Å². The maximum atomic E-state index is 11.7. The number of aromatic nitrogens is 2. The van der Waals surface area contributed by atoms with Gasteiger partial charge in [0.15, 0.2) is 0 Å². The number of carbonyl (C=O) groups is 1. The molecular formula is C11H16N2O4. The van der Waals surface area contributed by atoms with Crippen molar-refractivity contribution in [1.82, 2.24) is 9.97 Å². The smallest absolute Gasteiger partial charge is 0.325 e. The summed E-state index contributed by atoms with van der Waals surface area (Å²) in [5, 5.41) is 0. The fraction of sp³-hybridized carbons (Fsp3) is 0.545. The van der Waals surface area contributed by atoms with E-state index < -0.39 is 23.1 Å². The van der Waals surface area contributed by atoms with E-state index in [0.717, 1.165) is 6.42 Å². The molecule has 0 aliphatic carbocycles. The highest BCUT2D eigenvalue weighted by atomic mass is 16.5. The van der Waals surface area contributed by atoms with E-state index in [1.54, 1.807) is 6.92 Å². The lowest BCUT2D eigenvalue weighted by Gasteiger charge is -2.14. The van der Waals surface area contributed by atoms with Crippen molar-refractivity contribution in [2.45, 2.75) is 32.6 Å². The van der Waals surface area contributed by atoms with Gasteiger partial charge in [-0.15, -0.1) is 0 Å². The molecule has 94 valence electrons.